The van der Waals surface area contributed by atoms with Crippen molar-refractivity contribution in [3.8, 4) is 5.75 Å². The third-order valence-corrected chi connectivity index (χ3v) is 3.17. The van der Waals surface area contributed by atoms with Crippen molar-refractivity contribution in [1.82, 2.24) is 0 Å². The lowest BCUT2D eigenvalue weighted by Gasteiger charge is -2.10. The number of ketones is 1. The molecule has 0 amide bonds. The van der Waals surface area contributed by atoms with Gasteiger partial charge in [0.05, 0.1) is 12.2 Å². The molecule has 1 unspecified atom stereocenters. The second-order valence-electron chi connectivity index (χ2n) is 4.75. The van der Waals surface area contributed by atoms with Crippen LogP contribution in [0, 0.1) is 0 Å². The van der Waals surface area contributed by atoms with E-state index >= 15 is 0 Å². The molecule has 2 nitrogen and oxygen atoms in total. The van der Waals surface area contributed by atoms with Crippen LogP contribution in [0.4, 0.5) is 0 Å². The van der Waals surface area contributed by atoms with E-state index in [-0.39, 0.29) is 15.7 Å². The number of hydrogen-bond acceptors (Lipinski definition) is 2. The third-order valence-electron chi connectivity index (χ3n) is 3.17. The molecule has 0 heterocycles. The number of rotatable bonds is 7. The molecule has 0 aromatic heterocycles. The summed E-state index contributed by atoms with van der Waals surface area (Å²) in [5, 5.41) is 0. The number of hydrogen-bond donors (Lipinski definition) is 0. The second kappa shape index (κ2) is 9.31. The number of carbonyl (C=O) groups excluding carboxylic acids is 1. The van der Waals surface area contributed by atoms with E-state index in [0.29, 0.717) is 23.5 Å². The van der Waals surface area contributed by atoms with Crippen LogP contribution in [0.25, 0.3) is 0 Å². The SMILES string of the molecule is CCCCCOc1ccccc1C(=O)c1ccccc1.P. The molecule has 2 aromatic rings. The summed E-state index contributed by atoms with van der Waals surface area (Å²) in [5.74, 6) is 0.689. The number of ether oxygens (including phenoxy) is 1. The maximum atomic E-state index is 12.5. The Morgan fingerprint density at radius 3 is 2.33 bits per heavy atom. The van der Waals surface area contributed by atoms with Crippen LogP contribution in [-0.2, 0) is 0 Å². The highest BCUT2D eigenvalue weighted by Crippen LogP contribution is 2.21. The Labute approximate surface area is 130 Å². The van der Waals surface area contributed by atoms with Gasteiger partial charge >= 0.3 is 0 Å². The van der Waals surface area contributed by atoms with Gasteiger partial charge in [-0.15, -0.1) is 0 Å². The normalized spacial score (nSPS) is 9.76. The quantitative estimate of drug-likeness (QED) is 0.426. The van der Waals surface area contributed by atoms with Crippen LogP contribution in [-0.4, -0.2) is 12.4 Å². The predicted octanol–water partition coefficient (Wildman–Crippen LogP) is 4.54. The molecule has 112 valence electrons. The van der Waals surface area contributed by atoms with Crippen molar-refractivity contribution < 1.29 is 9.53 Å². The first-order valence-corrected chi connectivity index (χ1v) is 7.14. The molecule has 0 saturated carbocycles. The summed E-state index contributed by atoms with van der Waals surface area (Å²) in [4.78, 5) is 12.5. The van der Waals surface area contributed by atoms with Gasteiger partial charge in [-0.05, 0) is 18.6 Å². The minimum Gasteiger partial charge on any atom is -0.493 e. The average molecular weight is 302 g/mol. The fourth-order valence-corrected chi connectivity index (χ4v) is 2.06. The fourth-order valence-electron chi connectivity index (χ4n) is 2.06. The van der Waals surface area contributed by atoms with E-state index in [1.807, 2.05) is 54.6 Å². The lowest BCUT2D eigenvalue weighted by molar-refractivity contribution is 0.103. The van der Waals surface area contributed by atoms with Crippen LogP contribution in [0.5, 0.6) is 5.75 Å². The van der Waals surface area contributed by atoms with Gasteiger partial charge in [0.15, 0.2) is 5.78 Å². The third kappa shape index (κ3) is 4.99. The van der Waals surface area contributed by atoms with Gasteiger partial charge in [-0.25, -0.2) is 0 Å². The zero-order chi connectivity index (χ0) is 14.2. The highest BCUT2D eigenvalue weighted by Gasteiger charge is 2.13. The summed E-state index contributed by atoms with van der Waals surface area (Å²) in [6, 6.07) is 16.8. The number of para-hydroxylation sites is 1. The minimum atomic E-state index is 0. The Balaban J connectivity index is 0.00000220. The molecule has 1 atom stereocenters. The average Bonchev–Trinajstić information content (AvgIpc) is 2.52. The molecule has 0 bridgehead atoms. The van der Waals surface area contributed by atoms with Crippen molar-refractivity contribution >= 4 is 15.7 Å². The van der Waals surface area contributed by atoms with Gasteiger partial charge in [-0.1, -0.05) is 62.2 Å². The molecule has 2 rings (SSSR count). The summed E-state index contributed by atoms with van der Waals surface area (Å²) < 4.78 is 5.76. The van der Waals surface area contributed by atoms with Gasteiger partial charge in [0.1, 0.15) is 5.75 Å². The highest BCUT2D eigenvalue weighted by molar-refractivity contribution is 6.92. The van der Waals surface area contributed by atoms with Crippen molar-refractivity contribution in [1.29, 1.82) is 0 Å². The number of carbonyl (C=O) groups is 1. The van der Waals surface area contributed by atoms with E-state index in [1.54, 1.807) is 0 Å². The van der Waals surface area contributed by atoms with Crippen molar-refractivity contribution in [3.05, 3.63) is 65.7 Å². The highest BCUT2D eigenvalue weighted by atomic mass is 31.0. The summed E-state index contributed by atoms with van der Waals surface area (Å²) in [5.41, 5.74) is 1.33. The molecule has 0 N–H and O–H groups in total. The van der Waals surface area contributed by atoms with Crippen LogP contribution in [0.15, 0.2) is 54.6 Å². The largest absolute Gasteiger partial charge is 0.493 e. The molecule has 0 aliphatic heterocycles. The zero-order valence-electron chi connectivity index (χ0n) is 12.5. The monoisotopic (exact) mass is 302 g/mol. The molecule has 21 heavy (non-hydrogen) atoms. The van der Waals surface area contributed by atoms with Crippen molar-refractivity contribution in [2.45, 2.75) is 26.2 Å². The first kappa shape index (κ1) is 17.4. The summed E-state index contributed by atoms with van der Waals surface area (Å²) in [6.07, 6.45) is 3.33. The van der Waals surface area contributed by atoms with Gasteiger partial charge in [-0.2, -0.15) is 9.90 Å². The summed E-state index contributed by atoms with van der Waals surface area (Å²) in [7, 11) is 0. The Kier molecular flexibility index (Phi) is 7.71. The van der Waals surface area contributed by atoms with Gasteiger partial charge in [0.25, 0.3) is 0 Å². The second-order valence-corrected chi connectivity index (χ2v) is 4.75. The predicted molar refractivity (Wildman–Crippen MR) is 92.4 cm³/mol. The van der Waals surface area contributed by atoms with Gasteiger partial charge in [0.2, 0.25) is 0 Å². The molecule has 0 aliphatic rings. The van der Waals surface area contributed by atoms with Crippen LogP contribution >= 0.6 is 9.90 Å². The van der Waals surface area contributed by atoms with E-state index in [2.05, 4.69) is 6.92 Å². The van der Waals surface area contributed by atoms with E-state index < -0.39 is 0 Å². The van der Waals surface area contributed by atoms with Crippen LogP contribution in [0.1, 0.15) is 42.1 Å². The molecule has 2 aromatic carbocycles. The smallest absolute Gasteiger partial charge is 0.196 e. The van der Waals surface area contributed by atoms with E-state index in [4.69, 9.17) is 4.74 Å². The molecule has 0 aliphatic carbocycles. The molecule has 0 spiro atoms. The minimum absolute atomic E-state index is 0. The summed E-state index contributed by atoms with van der Waals surface area (Å²) >= 11 is 0. The van der Waals surface area contributed by atoms with E-state index in [0.717, 1.165) is 19.3 Å². The molecule has 0 radical (unpaired) electrons. The maximum Gasteiger partial charge on any atom is 0.196 e. The van der Waals surface area contributed by atoms with Gasteiger partial charge in [-0.3, -0.25) is 4.79 Å². The van der Waals surface area contributed by atoms with Crippen LogP contribution in [0.3, 0.4) is 0 Å². The van der Waals surface area contributed by atoms with Crippen molar-refractivity contribution in [2.75, 3.05) is 6.61 Å². The standard InChI is InChI=1S/C18H20O2.H3P/c1-2-3-9-14-20-17-13-8-7-12-16(17)18(19)15-10-5-4-6-11-15;/h4-8,10-13H,2-3,9,14H2,1H3;1H3. The van der Waals surface area contributed by atoms with Crippen LogP contribution in [0.2, 0.25) is 0 Å². The van der Waals surface area contributed by atoms with Gasteiger partial charge in [0, 0.05) is 5.56 Å². The Morgan fingerprint density at radius 2 is 1.62 bits per heavy atom. The maximum absolute atomic E-state index is 12.5. The Hall–Kier alpha value is -1.66. The van der Waals surface area contributed by atoms with E-state index in [1.165, 1.54) is 0 Å². The molecule has 0 fully saturated rings. The number of unbranched alkanes of at least 4 members (excludes halogenated alkanes) is 2. The summed E-state index contributed by atoms with van der Waals surface area (Å²) in [6.45, 7) is 2.82. The molecule has 3 heteroatoms. The van der Waals surface area contributed by atoms with Crippen molar-refractivity contribution in [2.24, 2.45) is 0 Å². The first-order chi connectivity index (χ1) is 9.83. The first-order valence-electron chi connectivity index (χ1n) is 7.14. The van der Waals surface area contributed by atoms with Gasteiger partial charge < -0.3 is 4.74 Å². The van der Waals surface area contributed by atoms with E-state index in [9.17, 15) is 4.79 Å². The number of benzene rings is 2. The topological polar surface area (TPSA) is 26.3 Å². The molecule has 0 saturated heterocycles. The lowest BCUT2D eigenvalue weighted by Crippen LogP contribution is -2.06. The zero-order valence-corrected chi connectivity index (χ0v) is 14.0. The molecular formula is C18H23O2P. The Bertz CT molecular complexity index is 552. The van der Waals surface area contributed by atoms with Crippen LogP contribution < -0.4 is 4.74 Å². The fraction of sp³-hybridized carbons (Fsp3) is 0.278. The lowest BCUT2D eigenvalue weighted by atomic mass is 10.0. The molecular weight excluding hydrogens is 279 g/mol. The Morgan fingerprint density at radius 1 is 0.952 bits per heavy atom. The van der Waals surface area contributed by atoms with Crippen molar-refractivity contribution in [3.63, 3.8) is 0 Å².